The summed E-state index contributed by atoms with van der Waals surface area (Å²) in [5.74, 6) is 0. The van der Waals surface area contributed by atoms with Crippen molar-refractivity contribution in [2.75, 3.05) is 6.54 Å². The van der Waals surface area contributed by atoms with Crippen LogP contribution in [0.2, 0.25) is 5.28 Å². The molecule has 0 fully saturated rings. The second-order valence-corrected chi connectivity index (χ2v) is 6.13. The SMILES string of the molecule is CCCN(C(C)C)S(=O)(=O)c1cnc(Cl)nc1. The van der Waals surface area contributed by atoms with Crippen molar-refractivity contribution in [3.8, 4) is 0 Å². The van der Waals surface area contributed by atoms with E-state index in [0.29, 0.717) is 6.54 Å². The van der Waals surface area contributed by atoms with Crippen molar-refractivity contribution in [3.05, 3.63) is 17.7 Å². The Labute approximate surface area is 107 Å². The zero-order valence-electron chi connectivity index (χ0n) is 10.1. The largest absolute Gasteiger partial charge is 0.246 e. The Morgan fingerprint density at radius 2 is 1.88 bits per heavy atom. The van der Waals surface area contributed by atoms with Crippen LogP contribution in [-0.4, -0.2) is 35.3 Å². The fourth-order valence-corrected chi connectivity index (χ4v) is 3.16. The highest BCUT2D eigenvalue weighted by Gasteiger charge is 2.26. The third-order valence-corrected chi connectivity index (χ3v) is 4.45. The number of aromatic nitrogens is 2. The number of halogens is 1. The molecule has 1 heterocycles. The molecule has 0 atom stereocenters. The molecule has 0 amide bonds. The second-order valence-electron chi connectivity index (χ2n) is 3.90. The van der Waals surface area contributed by atoms with Gasteiger partial charge in [0, 0.05) is 12.6 Å². The lowest BCUT2D eigenvalue weighted by molar-refractivity contribution is 0.354. The van der Waals surface area contributed by atoms with Crippen molar-refractivity contribution in [2.45, 2.75) is 38.1 Å². The first-order chi connectivity index (χ1) is 7.89. The summed E-state index contributed by atoms with van der Waals surface area (Å²) < 4.78 is 26.0. The first-order valence-corrected chi connectivity index (χ1v) is 7.20. The van der Waals surface area contributed by atoms with Gasteiger partial charge in [0.2, 0.25) is 15.3 Å². The predicted octanol–water partition coefficient (Wildman–Crippen LogP) is 1.94. The van der Waals surface area contributed by atoms with Crippen LogP contribution in [0.15, 0.2) is 17.3 Å². The molecule has 0 saturated carbocycles. The first-order valence-electron chi connectivity index (χ1n) is 5.39. The fourth-order valence-electron chi connectivity index (χ4n) is 1.45. The lowest BCUT2D eigenvalue weighted by Gasteiger charge is -2.24. The van der Waals surface area contributed by atoms with Gasteiger partial charge in [-0.05, 0) is 31.9 Å². The minimum atomic E-state index is -3.53. The summed E-state index contributed by atoms with van der Waals surface area (Å²) in [6.07, 6.45) is 3.22. The van der Waals surface area contributed by atoms with Crippen LogP contribution in [-0.2, 0) is 10.0 Å². The zero-order chi connectivity index (χ0) is 13.1. The van der Waals surface area contributed by atoms with Crippen LogP contribution in [0, 0.1) is 0 Å². The molecule has 1 aromatic heterocycles. The van der Waals surface area contributed by atoms with E-state index in [9.17, 15) is 8.42 Å². The van der Waals surface area contributed by atoms with Crippen molar-refractivity contribution < 1.29 is 8.42 Å². The van der Waals surface area contributed by atoms with E-state index in [0.717, 1.165) is 6.42 Å². The van der Waals surface area contributed by atoms with Gasteiger partial charge in [0.05, 0.1) is 12.4 Å². The Kier molecular flexibility index (Phi) is 4.85. The van der Waals surface area contributed by atoms with Crippen LogP contribution in [0.25, 0.3) is 0 Å². The van der Waals surface area contributed by atoms with Crippen molar-refractivity contribution in [1.29, 1.82) is 0 Å². The van der Waals surface area contributed by atoms with Gasteiger partial charge in [0.1, 0.15) is 4.90 Å². The summed E-state index contributed by atoms with van der Waals surface area (Å²) in [7, 11) is -3.53. The van der Waals surface area contributed by atoms with E-state index in [1.165, 1.54) is 16.7 Å². The standard InChI is InChI=1S/C10H16ClN3O2S/c1-4-5-14(8(2)3)17(15,16)9-6-12-10(11)13-7-9/h6-8H,4-5H2,1-3H3. The zero-order valence-corrected chi connectivity index (χ0v) is 11.7. The molecule has 7 heteroatoms. The van der Waals surface area contributed by atoms with E-state index in [-0.39, 0.29) is 16.2 Å². The molecule has 0 spiro atoms. The monoisotopic (exact) mass is 277 g/mol. The average Bonchev–Trinajstić information content (AvgIpc) is 2.25. The van der Waals surface area contributed by atoms with Crippen molar-refractivity contribution in [3.63, 3.8) is 0 Å². The van der Waals surface area contributed by atoms with Gasteiger partial charge in [-0.15, -0.1) is 0 Å². The number of rotatable bonds is 5. The smallest absolute Gasteiger partial charge is 0.225 e. The average molecular weight is 278 g/mol. The van der Waals surface area contributed by atoms with E-state index in [2.05, 4.69) is 9.97 Å². The summed E-state index contributed by atoms with van der Waals surface area (Å²) in [4.78, 5) is 7.46. The number of sulfonamides is 1. The minimum Gasteiger partial charge on any atom is -0.225 e. The molecule has 0 unspecified atom stereocenters. The van der Waals surface area contributed by atoms with Crippen molar-refractivity contribution in [2.24, 2.45) is 0 Å². The van der Waals surface area contributed by atoms with E-state index < -0.39 is 10.0 Å². The first kappa shape index (κ1) is 14.3. The number of nitrogens with zero attached hydrogens (tertiary/aromatic N) is 3. The quantitative estimate of drug-likeness (QED) is 0.772. The number of hydrogen-bond donors (Lipinski definition) is 0. The van der Waals surface area contributed by atoms with Crippen LogP contribution < -0.4 is 0 Å². The third-order valence-electron chi connectivity index (χ3n) is 2.22. The summed E-state index contributed by atoms with van der Waals surface area (Å²) in [6.45, 7) is 6.08. The Morgan fingerprint density at radius 3 is 2.29 bits per heavy atom. The maximum absolute atomic E-state index is 12.3. The molecule has 1 aromatic rings. The van der Waals surface area contributed by atoms with Crippen LogP contribution in [0.1, 0.15) is 27.2 Å². The molecular weight excluding hydrogens is 262 g/mol. The van der Waals surface area contributed by atoms with Gasteiger partial charge in [-0.2, -0.15) is 4.31 Å². The maximum atomic E-state index is 12.3. The highest BCUT2D eigenvalue weighted by Crippen LogP contribution is 2.17. The lowest BCUT2D eigenvalue weighted by Crippen LogP contribution is -2.37. The summed E-state index contributed by atoms with van der Waals surface area (Å²) in [5, 5.41) is 0.0375. The normalized spacial score (nSPS) is 12.4. The van der Waals surface area contributed by atoms with Gasteiger partial charge in [-0.1, -0.05) is 6.92 Å². The second kappa shape index (κ2) is 5.75. The molecule has 0 aliphatic rings. The highest BCUT2D eigenvalue weighted by molar-refractivity contribution is 7.89. The minimum absolute atomic E-state index is 0.0375. The predicted molar refractivity (Wildman–Crippen MR) is 66.4 cm³/mol. The van der Waals surface area contributed by atoms with Crippen LogP contribution >= 0.6 is 11.6 Å². The molecule has 1 rings (SSSR count). The molecule has 0 aliphatic carbocycles. The van der Waals surface area contributed by atoms with Gasteiger partial charge in [-0.3, -0.25) is 0 Å². The molecular formula is C10H16ClN3O2S. The van der Waals surface area contributed by atoms with Gasteiger partial charge < -0.3 is 0 Å². The van der Waals surface area contributed by atoms with Gasteiger partial charge >= 0.3 is 0 Å². The molecule has 96 valence electrons. The van der Waals surface area contributed by atoms with E-state index >= 15 is 0 Å². The van der Waals surface area contributed by atoms with Crippen LogP contribution in [0.4, 0.5) is 0 Å². The van der Waals surface area contributed by atoms with E-state index in [1.807, 2.05) is 20.8 Å². The maximum Gasteiger partial charge on any atom is 0.246 e. The molecule has 0 bridgehead atoms. The summed E-state index contributed by atoms with van der Waals surface area (Å²) in [5.41, 5.74) is 0. The Hall–Kier alpha value is -0.720. The Morgan fingerprint density at radius 1 is 1.35 bits per heavy atom. The summed E-state index contributed by atoms with van der Waals surface area (Å²) >= 11 is 5.53. The molecule has 0 aliphatic heterocycles. The van der Waals surface area contributed by atoms with Gasteiger partial charge in [0.15, 0.2) is 0 Å². The molecule has 17 heavy (non-hydrogen) atoms. The summed E-state index contributed by atoms with van der Waals surface area (Å²) in [6, 6.07) is -0.101. The molecule has 0 saturated heterocycles. The van der Waals surface area contributed by atoms with E-state index in [1.54, 1.807) is 0 Å². The third kappa shape index (κ3) is 3.37. The van der Waals surface area contributed by atoms with Crippen LogP contribution in [0.5, 0.6) is 0 Å². The Bertz CT molecular complexity index is 459. The highest BCUT2D eigenvalue weighted by atomic mass is 35.5. The molecule has 0 radical (unpaired) electrons. The number of hydrogen-bond acceptors (Lipinski definition) is 4. The molecule has 0 aromatic carbocycles. The van der Waals surface area contributed by atoms with Crippen molar-refractivity contribution in [1.82, 2.24) is 14.3 Å². The van der Waals surface area contributed by atoms with Gasteiger partial charge in [0.25, 0.3) is 0 Å². The van der Waals surface area contributed by atoms with E-state index in [4.69, 9.17) is 11.6 Å². The Balaban J connectivity index is 3.12. The molecule has 0 N–H and O–H groups in total. The molecule has 5 nitrogen and oxygen atoms in total. The van der Waals surface area contributed by atoms with Gasteiger partial charge in [-0.25, -0.2) is 18.4 Å². The van der Waals surface area contributed by atoms with Crippen molar-refractivity contribution >= 4 is 21.6 Å². The van der Waals surface area contributed by atoms with Crippen LogP contribution in [0.3, 0.4) is 0 Å². The topological polar surface area (TPSA) is 63.2 Å². The lowest BCUT2D eigenvalue weighted by atomic mass is 10.4. The fraction of sp³-hybridized carbons (Fsp3) is 0.600.